The van der Waals surface area contributed by atoms with Gasteiger partial charge < -0.3 is 25.0 Å². The lowest BCUT2D eigenvalue weighted by Gasteiger charge is -2.40. The summed E-state index contributed by atoms with van der Waals surface area (Å²) in [7, 11) is 1.59. The second-order valence-corrected chi connectivity index (χ2v) is 8.15. The highest BCUT2D eigenvalue weighted by molar-refractivity contribution is 5.90. The zero-order valence-electron chi connectivity index (χ0n) is 17.4. The molecule has 1 aromatic carbocycles. The lowest BCUT2D eigenvalue weighted by Crippen LogP contribution is -2.55. The van der Waals surface area contributed by atoms with Gasteiger partial charge in [-0.3, -0.25) is 9.59 Å². The number of likely N-dealkylation sites (tertiary alicyclic amines) is 1. The molecule has 1 saturated heterocycles. The minimum atomic E-state index is -0.631. The van der Waals surface area contributed by atoms with Gasteiger partial charge in [0, 0.05) is 49.6 Å². The van der Waals surface area contributed by atoms with E-state index in [1.807, 2.05) is 44.3 Å². The van der Waals surface area contributed by atoms with Crippen molar-refractivity contribution in [2.75, 3.05) is 26.8 Å². The van der Waals surface area contributed by atoms with Gasteiger partial charge in [0.05, 0.1) is 12.2 Å². The number of nitrogens with one attached hydrogen (secondary N) is 2. The van der Waals surface area contributed by atoms with Crippen LogP contribution in [0.25, 0.3) is 10.9 Å². The summed E-state index contributed by atoms with van der Waals surface area (Å²) < 4.78 is 5.48. The Morgan fingerprint density at radius 3 is 2.59 bits per heavy atom. The number of benzene rings is 1. The second-order valence-electron chi connectivity index (χ2n) is 8.15. The molecule has 2 heterocycles. The van der Waals surface area contributed by atoms with Gasteiger partial charge in [-0.25, -0.2) is 0 Å². The smallest absolute Gasteiger partial charge is 0.245 e. The third-order valence-electron chi connectivity index (χ3n) is 5.95. The van der Waals surface area contributed by atoms with E-state index in [4.69, 9.17) is 4.74 Å². The molecule has 2 amide bonds. The number of carbonyl (C=O) groups is 2. The summed E-state index contributed by atoms with van der Waals surface area (Å²) in [5.74, 6) is -0.432. The van der Waals surface area contributed by atoms with Gasteiger partial charge in [0.25, 0.3) is 0 Å². The van der Waals surface area contributed by atoms with Crippen LogP contribution in [0.15, 0.2) is 30.5 Å². The molecule has 7 heteroatoms. The molecular weight excluding hydrogens is 370 g/mol. The Balaban J connectivity index is 1.78. The zero-order chi connectivity index (χ0) is 21.0. The van der Waals surface area contributed by atoms with E-state index in [-0.39, 0.29) is 24.3 Å². The number of fused-ring (bicyclic) bond motifs is 1. The van der Waals surface area contributed by atoms with Gasteiger partial charge in [0.1, 0.15) is 6.04 Å². The number of aromatic nitrogens is 1. The molecule has 158 valence electrons. The van der Waals surface area contributed by atoms with Crippen molar-refractivity contribution in [3.05, 3.63) is 36.0 Å². The van der Waals surface area contributed by atoms with Crippen molar-refractivity contribution < 1.29 is 19.4 Å². The third kappa shape index (κ3) is 4.62. The molecule has 1 aromatic heterocycles. The van der Waals surface area contributed by atoms with Gasteiger partial charge in [-0.1, -0.05) is 32.0 Å². The van der Waals surface area contributed by atoms with Crippen LogP contribution in [0.1, 0.15) is 32.3 Å². The number of H-pyrrole nitrogens is 1. The predicted octanol–water partition coefficient (Wildman–Crippen LogP) is 1.85. The maximum atomic E-state index is 13.3. The van der Waals surface area contributed by atoms with E-state index in [9.17, 15) is 14.7 Å². The Kier molecular flexibility index (Phi) is 6.59. The fraction of sp³-hybridized carbons (Fsp3) is 0.545. The summed E-state index contributed by atoms with van der Waals surface area (Å²) in [6.45, 7) is 4.56. The highest BCUT2D eigenvalue weighted by Gasteiger charge is 2.37. The first-order chi connectivity index (χ1) is 13.9. The van der Waals surface area contributed by atoms with Crippen molar-refractivity contribution >= 4 is 22.7 Å². The third-order valence-corrected chi connectivity index (χ3v) is 5.95. The van der Waals surface area contributed by atoms with Gasteiger partial charge in [-0.15, -0.1) is 0 Å². The normalized spacial score (nSPS) is 17.5. The van der Waals surface area contributed by atoms with E-state index >= 15 is 0 Å². The van der Waals surface area contributed by atoms with E-state index < -0.39 is 11.6 Å². The molecule has 29 heavy (non-hydrogen) atoms. The van der Waals surface area contributed by atoms with Gasteiger partial charge >= 0.3 is 0 Å². The monoisotopic (exact) mass is 401 g/mol. The van der Waals surface area contributed by atoms with Crippen molar-refractivity contribution in [1.82, 2.24) is 15.2 Å². The summed E-state index contributed by atoms with van der Waals surface area (Å²) >= 11 is 0. The highest BCUT2D eigenvalue weighted by Crippen LogP contribution is 2.26. The van der Waals surface area contributed by atoms with Gasteiger partial charge in [0.15, 0.2) is 0 Å². The maximum Gasteiger partial charge on any atom is 0.245 e. The molecule has 0 radical (unpaired) electrons. The quantitative estimate of drug-likeness (QED) is 0.660. The Morgan fingerprint density at radius 2 is 1.97 bits per heavy atom. The van der Waals surface area contributed by atoms with Gasteiger partial charge in [0.2, 0.25) is 11.8 Å². The van der Waals surface area contributed by atoms with Crippen LogP contribution in [0, 0.1) is 5.92 Å². The Bertz CT molecular complexity index is 847. The van der Waals surface area contributed by atoms with Crippen LogP contribution in [0.5, 0.6) is 0 Å². The zero-order valence-corrected chi connectivity index (χ0v) is 17.4. The van der Waals surface area contributed by atoms with Crippen molar-refractivity contribution in [2.24, 2.45) is 5.92 Å². The summed E-state index contributed by atoms with van der Waals surface area (Å²) in [6.07, 6.45) is 3.48. The molecule has 1 unspecified atom stereocenters. The Labute approximate surface area is 171 Å². The van der Waals surface area contributed by atoms with Gasteiger partial charge in [-0.2, -0.15) is 0 Å². The minimum absolute atomic E-state index is 0.0611. The molecule has 3 N–H and O–H groups in total. The largest absolute Gasteiger partial charge is 0.393 e. The molecule has 0 aliphatic carbocycles. The van der Waals surface area contributed by atoms with Crippen LogP contribution < -0.4 is 5.32 Å². The molecule has 7 nitrogen and oxygen atoms in total. The number of para-hydroxylation sites is 1. The molecule has 1 fully saturated rings. The number of ether oxygens (including phenoxy) is 1. The molecule has 3 rings (SSSR count). The van der Waals surface area contributed by atoms with Crippen molar-refractivity contribution in [1.29, 1.82) is 0 Å². The van der Waals surface area contributed by atoms with E-state index in [0.717, 1.165) is 16.5 Å². The average molecular weight is 402 g/mol. The summed E-state index contributed by atoms with van der Waals surface area (Å²) in [4.78, 5) is 30.7. The molecule has 1 aliphatic heterocycles. The van der Waals surface area contributed by atoms with Crippen LogP contribution in [-0.2, 0) is 20.7 Å². The van der Waals surface area contributed by atoms with E-state index in [0.29, 0.717) is 32.4 Å². The minimum Gasteiger partial charge on any atom is -0.393 e. The molecule has 2 aromatic rings. The number of aliphatic hydroxyl groups is 1. The first-order valence-electron chi connectivity index (χ1n) is 10.2. The molecule has 1 atom stereocenters. The van der Waals surface area contributed by atoms with Crippen LogP contribution in [0.2, 0.25) is 0 Å². The number of aliphatic hydroxyl groups excluding tert-OH is 1. The number of amides is 2. The van der Waals surface area contributed by atoms with E-state index in [1.54, 1.807) is 12.0 Å². The highest BCUT2D eigenvalue weighted by atomic mass is 16.5. The fourth-order valence-corrected chi connectivity index (χ4v) is 3.84. The number of piperidine rings is 1. The second kappa shape index (κ2) is 8.97. The number of aromatic amines is 1. The fourth-order valence-electron chi connectivity index (χ4n) is 3.84. The van der Waals surface area contributed by atoms with E-state index in [2.05, 4.69) is 10.3 Å². The van der Waals surface area contributed by atoms with Crippen molar-refractivity contribution in [2.45, 2.75) is 44.8 Å². The van der Waals surface area contributed by atoms with Crippen LogP contribution in [0.3, 0.4) is 0 Å². The maximum absolute atomic E-state index is 13.3. The number of carbonyl (C=O) groups excluding carboxylic acids is 2. The van der Waals surface area contributed by atoms with Crippen LogP contribution in [-0.4, -0.2) is 65.3 Å². The molecule has 1 aliphatic rings. The topological polar surface area (TPSA) is 94.7 Å². The van der Waals surface area contributed by atoms with Crippen molar-refractivity contribution in [3.8, 4) is 0 Å². The van der Waals surface area contributed by atoms with Crippen LogP contribution in [0.4, 0.5) is 0 Å². The first-order valence-corrected chi connectivity index (χ1v) is 10.2. The number of hydrogen-bond acceptors (Lipinski definition) is 4. The van der Waals surface area contributed by atoms with Gasteiger partial charge in [-0.05, 0) is 24.5 Å². The van der Waals surface area contributed by atoms with E-state index in [1.165, 1.54) is 0 Å². The molecule has 0 spiro atoms. The summed E-state index contributed by atoms with van der Waals surface area (Å²) in [5, 5.41) is 13.6. The predicted molar refractivity (Wildman–Crippen MR) is 111 cm³/mol. The lowest BCUT2D eigenvalue weighted by atomic mass is 9.91. The van der Waals surface area contributed by atoms with Crippen molar-refractivity contribution in [3.63, 3.8) is 0 Å². The summed E-state index contributed by atoms with van der Waals surface area (Å²) in [6, 6.07) is 7.30. The number of methoxy groups -OCH3 is 1. The molecule has 0 bridgehead atoms. The number of nitrogens with zero attached hydrogens (tertiary/aromatic N) is 1. The number of hydrogen-bond donors (Lipinski definition) is 3. The average Bonchev–Trinajstić information content (AvgIpc) is 3.15. The Morgan fingerprint density at radius 1 is 1.28 bits per heavy atom. The SMILES string of the molecule is COC1(CO)CCN(C(=O)C(Cc2c[nH]c3ccccc23)NC(=O)C(C)C)CC1. The molecule has 0 saturated carbocycles. The summed E-state index contributed by atoms with van der Waals surface area (Å²) in [5.41, 5.74) is 1.43. The molecular formula is C22H31N3O4. The standard InChI is InChI=1S/C22H31N3O4/c1-15(2)20(27)24-19(12-16-13-23-18-7-5-4-6-17(16)18)21(28)25-10-8-22(14-26,29-3)9-11-25/h4-7,13,15,19,23,26H,8-12,14H2,1-3H3,(H,24,27). The Hall–Kier alpha value is -2.38. The number of rotatable bonds is 7. The van der Waals surface area contributed by atoms with Crippen LogP contribution >= 0.6 is 0 Å². The first kappa shape index (κ1) is 21.3. The lowest BCUT2D eigenvalue weighted by molar-refractivity contribution is -0.143.